The highest BCUT2D eigenvalue weighted by atomic mass is 19.1. The molecular weight excluding hydrogens is 393 g/mol. The largest absolute Gasteiger partial charge is 0.494 e. The molecule has 4 aromatic rings. The van der Waals surface area contributed by atoms with Crippen molar-refractivity contribution in [3.8, 4) is 17.0 Å². The number of rotatable bonds is 5. The quantitative estimate of drug-likeness (QED) is 0.479. The van der Waals surface area contributed by atoms with Gasteiger partial charge in [0.2, 0.25) is 0 Å². The Balaban J connectivity index is 1.67. The van der Waals surface area contributed by atoms with Crippen LogP contribution in [0.5, 0.6) is 5.75 Å². The van der Waals surface area contributed by atoms with Crippen molar-refractivity contribution in [1.29, 1.82) is 0 Å². The van der Waals surface area contributed by atoms with E-state index in [2.05, 4.69) is 10.2 Å². The van der Waals surface area contributed by atoms with E-state index in [0.717, 1.165) is 28.1 Å². The van der Waals surface area contributed by atoms with Crippen LogP contribution in [0.3, 0.4) is 0 Å². The van der Waals surface area contributed by atoms with Crippen LogP contribution in [0.25, 0.3) is 11.3 Å². The third-order valence-electron chi connectivity index (χ3n) is 5.43. The van der Waals surface area contributed by atoms with E-state index in [1.807, 2.05) is 61.5 Å². The molecule has 0 saturated carbocycles. The van der Waals surface area contributed by atoms with Crippen molar-refractivity contribution in [1.82, 2.24) is 10.2 Å². The molecule has 1 aliphatic rings. The number of hydrogen-bond donors (Lipinski definition) is 1. The summed E-state index contributed by atoms with van der Waals surface area (Å²) >= 11 is 0. The molecular formula is C25H20FN3O2. The van der Waals surface area contributed by atoms with Crippen LogP contribution in [0.4, 0.5) is 10.1 Å². The highest BCUT2D eigenvalue weighted by Gasteiger charge is 2.43. The summed E-state index contributed by atoms with van der Waals surface area (Å²) < 4.78 is 19.1. The fourth-order valence-corrected chi connectivity index (χ4v) is 4.06. The molecule has 0 saturated heterocycles. The molecule has 1 atom stereocenters. The monoisotopic (exact) mass is 413 g/mol. The van der Waals surface area contributed by atoms with E-state index >= 15 is 0 Å². The van der Waals surface area contributed by atoms with Crippen LogP contribution < -0.4 is 9.64 Å². The summed E-state index contributed by atoms with van der Waals surface area (Å²) in [5.41, 5.74) is 4.34. The SMILES string of the molecule is CCOc1ccc(C2c3c(-c4ccc(F)cc4)n[nH]c3C(=O)N2c2ccccc2)cc1. The van der Waals surface area contributed by atoms with Gasteiger partial charge in [-0.1, -0.05) is 30.3 Å². The van der Waals surface area contributed by atoms with Gasteiger partial charge in [-0.15, -0.1) is 0 Å². The molecule has 5 nitrogen and oxygen atoms in total. The number of fused-ring (bicyclic) bond motifs is 1. The Bertz CT molecular complexity index is 1220. The summed E-state index contributed by atoms with van der Waals surface area (Å²) in [4.78, 5) is 15.2. The first-order valence-corrected chi connectivity index (χ1v) is 10.1. The van der Waals surface area contributed by atoms with Crippen molar-refractivity contribution in [2.24, 2.45) is 0 Å². The first-order valence-electron chi connectivity index (χ1n) is 10.1. The second-order valence-corrected chi connectivity index (χ2v) is 7.28. The van der Waals surface area contributed by atoms with Crippen LogP contribution in [0.15, 0.2) is 78.9 Å². The van der Waals surface area contributed by atoms with Crippen LogP contribution in [0.2, 0.25) is 0 Å². The number of anilines is 1. The normalized spacial score (nSPS) is 15.2. The van der Waals surface area contributed by atoms with Gasteiger partial charge < -0.3 is 4.74 Å². The lowest BCUT2D eigenvalue weighted by Gasteiger charge is -2.26. The number of aromatic nitrogens is 2. The Morgan fingerprint density at radius 1 is 1.00 bits per heavy atom. The number of amides is 1. The minimum Gasteiger partial charge on any atom is -0.494 e. The Hall–Kier alpha value is -3.93. The predicted molar refractivity (Wildman–Crippen MR) is 117 cm³/mol. The third kappa shape index (κ3) is 3.26. The molecule has 31 heavy (non-hydrogen) atoms. The summed E-state index contributed by atoms with van der Waals surface area (Å²) in [6, 6.07) is 23.1. The molecule has 1 N–H and O–H groups in total. The molecule has 0 aliphatic carbocycles. The lowest BCUT2D eigenvalue weighted by atomic mass is 9.95. The van der Waals surface area contributed by atoms with Gasteiger partial charge in [-0.05, 0) is 61.0 Å². The highest BCUT2D eigenvalue weighted by Crippen LogP contribution is 2.45. The fraction of sp³-hybridized carbons (Fsp3) is 0.120. The predicted octanol–water partition coefficient (Wildman–Crippen LogP) is 5.36. The zero-order valence-corrected chi connectivity index (χ0v) is 16.9. The van der Waals surface area contributed by atoms with E-state index < -0.39 is 0 Å². The maximum absolute atomic E-state index is 13.5. The molecule has 1 amide bonds. The van der Waals surface area contributed by atoms with Crippen LogP contribution in [-0.4, -0.2) is 22.7 Å². The molecule has 0 fully saturated rings. The molecule has 154 valence electrons. The number of aromatic amines is 1. The molecule has 1 aromatic heterocycles. The van der Waals surface area contributed by atoms with Gasteiger partial charge in [0.05, 0.1) is 18.3 Å². The maximum atomic E-state index is 13.5. The minimum atomic E-state index is -0.376. The number of halogens is 1. The molecule has 1 aliphatic heterocycles. The fourth-order valence-electron chi connectivity index (χ4n) is 4.06. The van der Waals surface area contributed by atoms with E-state index in [0.29, 0.717) is 18.0 Å². The number of H-pyrrole nitrogens is 1. The Labute approximate surface area is 179 Å². The van der Waals surface area contributed by atoms with Crippen molar-refractivity contribution < 1.29 is 13.9 Å². The summed E-state index contributed by atoms with van der Waals surface area (Å²) in [7, 11) is 0. The molecule has 0 radical (unpaired) electrons. The van der Waals surface area contributed by atoms with Gasteiger partial charge in [-0.3, -0.25) is 14.8 Å². The van der Waals surface area contributed by atoms with Crippen LogP contribution >= 0.6 is 0 Å². The van der Waals surface area contributed by atoms with Crippen LogP contribution in [-0.2, 0) is 0 Å². The lowest BCUT2D eigenvalue weighted by molar-refractivity contribution is 0.0989. The van der Waals surface area contributed by atoms with Crippen molar-refractivity contribution in [3.05, 3.63) is 102 Å². The van der Waals surface area contributed by atoms with Crippen LogP contribution in [0, 0.1) is 5.82 Å². The maximum Gasteiger partial charge on any atom is 0.277 e. The van der Waals surface area contributed by atoms with E-state index in [9.17, 15) is 9.18 Å². The van der Waals surface area contributed by atoms with Gasteiger partial charge in [0.1, 0.15) is 17.3 Å². The standard InChI is InChI=1S/C25H20FN3O2/c1-2-31-20-14-10-17(11-15-20)24-21-22(16-8-12-18(26)13-9-16)27-28-23(21)25(30)29(24)19-6-4-3-5-7-19/h3-15,24H,2H2,1H3,(H,27,28). The Kier molecular flexibility index (Phi) is 4.75. The van der Waals surface area contributed by atoms with E-state index in [1.54, 1.807) is 17.0 Å². The zero-order chi connectivity index (χ0) is 21.4. The van der Waals surface area contributed by atoms with Gasteiger partial charge in [-0.25, -0.2) is 4.39 Å². The highest BCUT2D eigenvalue weighted by molar-refractivity contribution is 6.11. The van der Waals surface area contributed by atoms with E-state index in [4.69, 9.17) is 4.74 Å². The molecule has 2 heterocycles. The number of ether oxygens (including phenoxy) is 1. The summed E-state index contributed by atoms with van der Waals surface area (Å²) in [5, 5.41) is 7.34. The summed E-state index contributed by atoms with van der Waals surface area (Å²) in [5.74, 6) is 0.301. The van der Waals surface area contributed by atoms with Gasteiger partial charge in [0.25, 0.3) is 5.91 Å². The van der Waals surface area contributed by atoms with Gasteiger partial charge >= 0.3 is 0 Å². The van der Waals surface area contributed by atoms with Crippen molar-refractivity contribution in [2.45, 2.75) is 13.0 Å². The van der Waals surface area contributed by atoms with Crippen molar-refractivity contribution >= 4 is 11.6 Å². The number of nitrogens with one attached hydrogen (secondary N) is 1. The van der Waals surface area contributed by atoms with Gasteiger partial charge in [0.15, 0.2) is 0 Å². The first-order chi connectivity index (χ1) is 15.2. The van der Waals surface area contributed by atoms with E-state index in [-0.39, 0.29) is 17.8 Å². The number of benzene rings is 3. The lowest BCUT2D eigenvalue weighted by Crippen LogP contribution is -2.29. The molecule has 0 spiro atoms. The zero-order valence-electron chi connectivity index (χ0n) is 16.9. The van der Waals surface area contributed by atoms with E-state index in [1.165, 1.54) is 12.1 Å². The van der Waals surface area contributed by atoms with Gasteiger partial charge in [-0.2, -0.15) is 5.10 Å². The third-order valence-corrected chi connectivity index (χ3v) is 5.43. The van der Waals surface area contributed by atoms with Crippen molar-refractivity contribution in [2.75, 3.05) is 11.5 Å². The van der Waals surface area contributed by atoms with Crippen molar-refractivity contribution in [3.63, 3.8) is 0 Å². The average Bonchev–Trinajstić information content (AvgIpc) is 3.35. The Morgan fingerprint density at radius 3 is 2.39 bits per heavy atom. The number of hydrogen-bond acceptors (Lipinski definition) is 3. The second-order valence-electron chi connectivity index (χ2n) is 7.28. The smallest absolute Gasteiger partial charge is 0.277 e. The summed E-state index contributed by atoms with van der Waals surface area (Å²) in [6.45, 7) is 2.52. The first kappa shape index (κ1) is 19.1. The number of para-hydroxylation sites is 1. The van der Waals surface area contributed by atoms with Crippen LogP contribution in [0.1, 0.15) is 34.6 Å². The minimum absolute atomic E-state index is 0.152. The molecule has 5 rings (SSSR count). The number of nitrogens with zero attached hydrogens (tertiary/aromatic N) is 2. The number of carbonyl (C=O) groups excluding carboxylic acids is 1. The molecule has 6 heteroatoms. The summed E-state index contributed by atoms with van der Waals surface area (Å²) in [6.07, 6.45) is 0. The second kappa shape index (κ2) is 7.72. The molecule has 3 aromatic carbocycles. The average molecular weight is 413 g/mol. The Morgan fingerprint density at radius 2 is 1.71 bits per heavy atom. The molecule has 0 bridgehead atoms. The van der Waals surface area contributed by atoms with Gasteiger partial charge in [0, 0.05) is 16.8 Å². The molecule has 1 unspecified atom stereocenters. The number of carbonyl (C=O) groups is 1. The topological polar surface area (TPSA) is 58.2 Å².